The first kappa shape index (κ1) is 13.8. The van der Waals surface area contributed by atoms with E-state index in [1.54, 1.807) is 4.90 Å². The lowest BCUT2D eigenvalue weighted by Crippen LogP contribution is -2.44. The third-order valence-electron chi connectivity index (χ3n) is 3.98. The molecule has 0 aromatic heterocycles. The van der Waals surface area contributed by atoms with E-state index in [1.807, 2.05) is 14.1 Å². The van der Waals surface area contributed by atoms with Gasteiger partial charge in [-0.2, -0.15) is 0 Å². The second kappa shape index (κ2) is 4.92. The number of carbonyl (C=O) groups is 1. The Bertz CT molecular complexity index is 258. The van der Waals surface area contributed by atoms with E-state index in [4.69, 9.17) is 11.8 Å². The van der Waals surface area contributed by atoms with Gasteiger partial charge in [-0.1, -0.05) is 13.8 Å². The minimum Gasteiger partial charge on any atom is -0.348 e. The zero-order valence-electron chi connectivity index (χ0n) is 10.8. The lowest BCUT2D eigenvalue weighted by molar-refractivity contribution is -0.141. The number of halogens is 1. The first-order chi connectivity index (χ1) is 7.33. The lowest BCUT2D eigenvalue weighted by atomic mass is 9.64. The molecule has 1 saturated carbocycles. The molecule has 0 atom stereocenters. The van der Waals surface area contributed by atoms with Gasteiger partial charge in [-0.05, 0) is 42.9 Å². The van der Waals surface area contributed by atoms with Gasteiger partial charge in [-0.3, -0.25) is 4.79 Å². The third kappa shape index (κ3) is 2.89. The molecule has 0 heterocycles. The van der Waals surface area contributed by atoms with E-state index in [1.165, 1.54) is 0 Å². The van der Waals surface area contributed by atoms with Crippen LogP contribution in [0.2, 0.25) is 0 Å². The summed E-state index contributed by atoms with van der Waals surface area (Å²) in [6.45, 7) is 5.14. The highest BCUT2D eigenvalue weighted by molar-refractivity contribution is 6.13. The number of amides is 1. The predicted octanol–water partition coefficient (Wildman–Crippen LogP) is 2.40. The average molecular weight is 247 g/mol. The van der Waals surface area contributed by atoms with Crippen molar-refractivity contribution in [3.05, 3.63) is 0 Å². The van der Waals surface area contributed by atoms with Crippen molar-refractivity contribution in [2.75, 3.05) is 20.6 Å². The van der Waals surface area contributed by atoms with Gasteiger partial charge in [-0.15, -0.1) is 0 Å². The van der Waals surface area contributed by atoms with Crippen LogP contribution in [0.5, 0.6) is 0 Å². The molecule has 3 nitrogen and oxygen atoms in total. The third-order valence-corrected chi connectivity index (χ3v) is 4.11. The molecule has 1 fully saturated rings. The first-order valence-electron chi connectivity index (χ1n) is 5.88. The van der Waals surface area contributed by atoms with Crippen molar-refractivity contribution in [2.45, 2.75) is 39.5 Å². The summed E-state index contributed by atoms with van der Waals surface area (Å²) in [5.74, 6) is 0.258. The second-order valence-corrected chi connectivity index (χ2v) is 6.15. The molecule has 1 aliphatic carbocycles. The molecule has 0 bridgehead atoms. The van der Waals surface area contributed by atoms with E-state index in [2.05, 4.69) is 18.7 Å². The number of hydrogen-bond donors (Lipinski definition) is 1. The Morgan fingerprint density at radius 2 is 1.75 bits per heavy atom. The van der Waals surface area contributed by atoms with E-state index in [0.717, 1.165) is 32.2 Å². The van der Waals surface area contributed by atoms with Crippen molar-refractivity contribution in [3.8, 4) is 0 Å². The average Bonchev–Trinajstić information content (AvgIpc) is 2.22. The Morgan fingerprint density at radius 3 is 2.12 bits per heavy atom. The molecule has 0 aromatic carbocycles. The molecule has 94 valence electrons. The largest absolute Gasteiger partial charge is 0.348 e. The summed E-state index contributed by atoms with van der Waals surface area (Å²) in [5, 5.41) is 0. The number of rotatable bonds is 3. The van der Waals surface area contributed by atoms with E-state index in [9.17, 15) is 4.79 Å². The highest BCUT2D eigenvalue weighted by Crippen LogP contribution is 2.45. The smallest absolute Gasteiger partial charge is 0.227 e. The van der Waals surface area contributed by atoms with Crippen molar-refractivity contribution < 1.29 is 4.79 Å². The standard InChI is InChI=1S/C12H23ClN2O/c1-11(9-14-13)5-7-12(2,8-6-11)10(16)15(3)4/h14H,5-9H2,1-4H3. The summed E-state index contributed by atoms with van der Waals surface area (Å²) in [6.07, 6.45) is 4.03. The molecule has 0 aromatic rings. The fraction of sp³-hybridized carbons (Fsp3) is 0.917. The predicted molar refractivity (Wildman–Crippen MR) is 67.2 cm³/mol. The molecular formula is C12H23ClN2O. The topological polar surface area (TPSA) is 32.3 Å². The van der Waals surface area contributed by atoms with Crippen LogP contribution in [0, 0.1) is 10.8 Å². The Hall–Kier alpha value is -0.280. The number of nitrogens with one attached hydrogen (secondary N) is 1. The van der Waals surface area contributed by atoms with Gasteiger partial charge < -0.3 is 4.90 Å². The lowest BCUT2D eigenvalue weighted by Gasteiger charge is -2.42. The van der Waals surface area contributed by atoms with Gasteiger partial charge in [0.25, 0.3) is 0 Å². The second-order valence-electron chi connectivity index (χ2n) is 5.88. The zero-order valence-corrected chi connectivity index (χ0v) is 11.5. The molecule has 1 aliphatic rings. The Morgan fingerprint density at radius 1 is 1.25 bits per heavy atom. The molecular weight excluding hydrogens is 224 g/mol. The molecule has 0 unspecified atom stereocenters. The minimum atomic E-state index is -0.171. The summed E-state index contributed by atoms with van der Waals surface area (Å²) < 4.78 is 0. The van der Waals surface area contributed by atoms with Crippen molar-refractivity contribution in [3.63, 3.8) is 0 Å². The first-order valence-corrected chi connectivity index (χ1v) is 6.26. The quantitative estimate of drug-likeness (QED) is 0.776. The highest BCUT2D eigenvalue weighted by atomic mass is 35.5. The van der Waals surface area contributed by atoms with Crippen molar-refractivity contribution in [2.24, 2.45) is 10.8 Å². The van der Waals surface area contributed by atoms with Crippen molar-refractivity contribution >= 4 is 17.7 Å². The van der Waals surface area contributed by atoms with Crippen LogP contribution in [0.4, 0.5) is 0 Å². The minimum absolute atomic E-state index is 0.171. The van der Waals surface area contributed by atoms with Crippen LogP contribution in [0.15, 0.2) is 0 Å². The van der Waals surface area contributed by atoms with Crippen LogP contribution in [0.3, 0.4) is 0 Å². The SMILES string of the molecule is CN(C)C(=O)C1(C)CCC(C)(CNCl)CC1. The normalized spacial score (nSPS) is 34.8. The maximum absolute atomic E-state index is 12.1. The summed E-state index contributed by atoms with van der Waals surface area (Å²) >= 11 is 5.58. The van der Waals surface area contributed by atoms with Crippen LogP contribution < -0.4 is 4.84 Å². The van der Waals surface area contributed by atoms with E-state index in [-0.39, 0.29) is 16.7 Å². The number of carbonyl (C=O) groups excluding carboxylic acids is 1. The van der Waals surface area contributed by atoms with Crippen LogP contribution in [0.25, 0.3) is 0 Å². The molecule has 0 aliphatic heterocycles. The molecule has 16 heavy (non-hydrogen) atoms. The van der Waals surface area contributed by atoms with Gasteiger partial charge >= 0.3 is 0 Å². The summed E-state index contributed by atoms with van der Waals surface area (Å²) in [4.78, 5) is 16.5. The Balaban J connectivity index is 2.63. The summed E-state index contributed by atoms with van der Waals surface area (Å²) in [5.41, 5.74) is 0.0726. The summed E-state index contributed by atoms with van der Waals surface area (Å²) in [7, 11) is 3.67. The fourth-order valence-electron chi connectivity index (χ4n) is 2.50. The van der Waals surface area contributed by atoms with Gasteiger partial charge in [0.05, 0.1) is 0 Å². The number of hydrogen-bond acceptors (Lipinski definition) is 2. The van der Waals surface area contributed by atoms with Crippen LogP contribution >= 0.6 is 11.8 Å². The molecule has 0 saturated heterocycles. The van der Waals surface area contributed by atoms with Crippen molar-refractivity contribution in [1.82, 2.24) is 9.74 Å². The molecule has 4 heteroatoms. The Kier molecular flexibility index (Phi) is 4.24. The highest BCUT2D eigenvalue weighted by Gasteiger charge is 2.42. The molecule has 0 radical (unpaired) electrons. The number of nitrogens with zero attached hydrogens (tertiary/aromatic N) is 1. The molecule has 1 N–H and O–H groups in total. The Labute approximate surface area is 104 Å². The van der Waals surface area contributed by atoms with E-state index < -0.39 is 0 Å². The van der Waals surface area contributed by atoms with Gasteiger partial charge in [0.15, 0.2) is 0 Å². The summed E-state index contributed by atoms with van der Waals surface area (Å²) in [6, 6.07) is 0. The maximum atomic E-state index is 12.1. The molecule has 0 spiro atoms. The van der Waals surface area contributed by atoms with Gasteiger partial charge in [0.1, 0.15) is 0 Å². The van der Waals surface area contributed by atoms with Crippen LogP contribution in [-0.2, 0) is 4.79 Å². The van der Waals surface area contributed by atoms with Crippen LogP contribution in [-0.4, -0.2) is 31.4 Å². The van der Waals surface area contributed by atoms with E-state index in [0.29, 0.717) is 0 Å². The van der Waals surface area contributed by atoms with Gasteiger partial charge in [0, 0.05) is 26.1 Å². The van der Waals surface area contributed by atoms with Crippen molar-refractivity contribution in [1.29, 1.82) is 0 Å². The van der Waals surface area contributed by atoms with Gasteiger partial charge in [0.2, 0.25) is 5.91 Å². The monoisotopic (exact) mass is 246 g/mol. The maximum Gasteiger partial charge on any atom is 0.227 e. The fourth-order valence-corrected chi connectivity index (χ4v) is 2.82. The van der Waals surface area contributed by atoms with Gasteiger partial charge in [-0.25, -0.2) is 4.84 Å². The molecule has 1 rings (SSSR count). The molecule has 1 amide bonds. The van der Waals surface area contributed by atoms with E-state index >= 15 is 0 Å². The van der Waals surface area contributed by atoms with Crippen LogP contribution in [0.1, 0.15) is 39.5 Å². The zero-order chi connectivity index (χ0) is 12.4.